The van der Waals surface area contributed by atoms with Gasteiger partial charge in [-0.3, -0.25) is 0 Å². The van der Waals surface area contributed by atoms with Gasteiger partial charge in [-0.25, -0.2) is 0 Å². The number of halogens is 1. The number of rotatable bonds is 2. The van der Waals surface area contributed by atoms with E-state index in [1.54, 1.807) is 0 Å². The summed E-state index contributed by atoms with van der Waals surface area (Å²) in [7, 11) is 0. The first-order chi connectivity index (χ1) is 7.72. The fourth-order valence-electron chi connectivity index (χ4n) is 1.97. The standard InChI is InChI=1S/C15H14Cl/c1-3-12-6-4-5-11(2)15(12)13-7-9-14(16)10-8-13/h4-10H,1,3H2,2H3. The summed E-state index contributed by atoms with van der Waals surface area (Å²) in [5.41, 5.74) is 5.06. The van der Waals surface area contributed by atoms with E-state index in [1.807, 2.05) is 12.1 Å². The fraction of sp³-hybridized carbons (Fsp3) is 0.133. The molecule has 0 aliphatic heterocycles. The van der Waals surface area contributed by atoms with Crippen molar-refractivity contribution in [3.05, 3.63) is 65.5 Å². The monoisotopic (exact) mass is 229 g/mol. The smallest absolute Gasteiger partial charge is 0.0406 e. The molecule has 1 radical (unpaired) electrons. The molecule has 2 rings (SSSR count). The molecule has 81 valence electrons. The van der Waals surface area contributed by atoms with E-state index in [9.17, 15) is 0 Å². The number of aryl methyl sites for hydroxylation is 1. The van der Waals surface area contributed by atoms with Crippen LogP contribution in [-0.2, 0) is 6.42 Å². The Hall–Kier alpha value is -1.27. The van der Waals surface area contributed by atoms with Crippen LogP contribution >= 0.6 is 11.6 Å². The number of hydrogen-bond acceptors (Lipinski definition) is 0. The first-order valence-corrected chi connectivity index (χ1v) is 5.74. The largest absolute Gasteiger partial charge is 0.0843 e. The predicted molar refractivity (Wildman–Crippen MR) is 70.7 cm³/mol. The Kier molecular flexibility index (Phi) is 3.31. The van der Waals surface area contributed by atoms with Gasteiger partial charge in [0.05, 0.1) is 0 Å². The molecule has 2 aromatic carbocycles. The topological polar surface area (TPSA) is 0 Å². The lowest BCUT2D eigenvalue weighted by atomic mass is 9.94. The van der Waals surface area contributed by atoms with Gasteiger partial charge in [-0.05, 0) is 54.7 Å². The maximum atomic E-state index is 5.90. The molecule has 2 aromatic rings. The molecule has 1 heteroatoms. The third-order valence-electron chi connectivity index (χ3n) is 2.76. The highest BCUT2D eigenvalue weighted by Crippen LogP contribution is 2.28. The Balaban J connectivity index is 2.58. The van der Waals surface area contributed by atoms with Crippen molar-refractivity contribution in [3.8, 4) is 11.1 Å². The second-order valence-corrected chi connectivity index (χ2v) is 4.30. The average Bonchev–Trinajstić information content (AvgIpc) is 2.30. The minimum Gasteiger partial charge on any atom is -0.0843 e. The van der Waals surface area contributed by atoms with E-state index in [4.69, 9.17) is 11.6 Å². The molecule has 0 aliphatic carbocycles. The second-order valence-electron chi connectivity index (χ2n) is 3.87. The normalized spacial score (nSPS) is 10.4. The van der Waals surface area contributed by atoms with Gasteiger partial charge in [0.25, 0.3) is 0 Å². The minimum absolute atomic E-state index is 0.772. The molecular weight excluding hydrogens is 216 g/mol. The molecule has 0 saturated carbocycles. The Bertz CT molecular complexity index is 483. The van der Waals surface area contributed by atoms with Gasteiger partial charge in [0.15, 0.2) is 0 Å². The van der Waals surface area contributed by atoms with Crippen molar-refractivity contribution in [1.82, 2.24) is 0 Å². The Labute approximate surface area is 102 Å². The molecule has 0 fully saturated rings. The van der Waals surface area contributed by atoms with Crippen LogP contribution in [-0.4, -0.2) is 0 Å². The summed E-state index contributed by atoms with van der Waals surface area (Å²) in [5.74, 6) is 0. The average molecular weight is 230 g/mol. The summed E-state index contributed by atoms with van der Waals surface area (Å²) < 4.78 is 0. The third-order valence-corrected chi connectivity index (χ3v) is 3.01. The van der Waals surface area contributed by atoms with E-state index in [0.717, 1.165) is 11.4 Å². The minimum atomic E-state index is 0.772. The van der Waals surface area contributed by atoms with Gasteiger partial charge in [-0.2, -0.15) is 0 Å². The third kappa shape index (κ3) is 2.12. The van der Waals surface area contributed by atoms with Crippen molar-refractivity contribution in [2.75, 3.05) is 0 Å². The zero-order valence-corrected chi connectivity index (χ0v) is 10.1. The number of benzene rings is 2. The quantitative estimate of drug-likeness (QED) is 0.701. The molecule has 0 aliphatic rings. The summed E-state index contributed by atoms with van der Waals surface area (Å²) in [6.07, 6.45) is 0.805. The molecule has 0 amide bonds. The van der Waals surface area contributed by atoms with Crippen LogP contribution in [0.2, 0.25) is 5.02 Å². The SMILES string of the molecule is [CH2]Cc1cccc(C)c1-c1ccc(Cl)cc1. The van der Waals surface area contributed by atoms with Crippen LogP contribution in [0.1, 0.15) is 11.1 Å². The Morgan fingerprint density at radius 2 is 1.75 bits per heavy atom. The molecule has 0 nitrogen and oxygen atoms in total. The Morgan fingerprint density at radius 1 is 1.06 bits per heavy atom. The summed E-state index contributed by atoms with van der Waals surface area (Å²) in [4.78, 5) is 0. The van der Waals surface area contributed by atoms with Crippen LogP contribution in [0.4, 0.5) is 0 Å². The van der Waals surface area contributed by atoms with Crippen molar-refractivity contribution in [1.29, 1.82) is 0 Å². The highest BCUT2D eigenvalue weighted by molar-refractivity contribution is 6.30. The van der Waals surface area contributed by atoms with Crippen LogP contribution in [0.25, 0.3) is 11.1 Å². The molecular formula is C15H14Cl. The van der Waals surface area contributed by atoms with Crippen molar-refractivity contribution in [2.45, 2.75) is 13.3 Å². The zero-order valence-electron chi connectivity index (χ0n) is 9.33. The fourth-order valence-corrected chi connectivity index (χ4v) is 2.09. The molecule has 0 bridgehead atoms. The first kappa shape index (κ1) is 11.2. The predicted octanol–water partition coefficient (Wildman–Crippen LogP) is 4.69. The van der Waals surface area contributed by atoms with Gasteiger partial charge in [0.1, 0.15) is 0 Å². The first-order valence-electron chi connectivity index (χ1n) is 5.36. The molecule has 0 saturated heterocycles. The van der Waals surface area contributed by atoms with Gasteiger partial charge < -0.3 is 0 Å². The molecule has 0 spiro atoms. The summed E-state index contributed by atoms with van der Waals surface area (Å²) in [6.45, 7) is 6.10. The van der Waals surface area contributed by atoms with Crippen molar-refractivity contribution in [2.24, 2.45) is 0 Å². The lowest BCUT2D eigenvalue weighted by Gasteiger charge is -2.11. The summed E-state index contributed by atoms with van der Waals surface area (Å²) in [6, 6.07) is 14.3. The lowest BCUT2D eigenvalue weighted by Crippen LogP contribution is -1.91. The van der Waals surface area contributed by atoms with Gasteiger partial charge in [0, 0.05) is 5.02 Å². The molecule has 0 unspecified atom stereocenters. The highest BCUT2D eigenvalue weighted by atomic mass is 35.5. The molecule has 0 atom stereocenters. The van der Waals surface area contributed by atoms with Gasteiger partial charge in [0.2, 0.25) is 0 Å². The second kappa shape index (κ2) is 4.71. The van der Waals surface area contributed by atoms with Crippen LogP contribution in [0.5, 0.6) is 0 Å². The van der Waals surface area contributed by atoms with Crippen LogP contribution in [0.15, 0.2) is 42.5 Å². The van der Waals surface area contributed by atoms with Crippen molar-refractivity contribution < 1.29 is 0 Å². The van der Waals surface area contributed by atoms with Crippen molar-refractivity contribution >= 4 is 11.6 Å². The Morgan fingerprint density at radius 3 is 2.38 bits per heavy atom. The van der Waals surface area contributed by atoms with Crippen molar-refractivity contribution in [3.63, 3.8) is 0 Å². The van der Waals surface area contributed by atoms with E-state index in [1.165, 1.54) is 22.3 Å². The van der Waals surface area contributed by atoms with Gasteiger partial charge in [-0.1, -0.05) is 41.9 Å². The zero-order chi connectivity index (χ0) is 11.5. The maximum absolute atomic E-state index is 5.90. The molecule has 0 N–H and O–H groups in total. The molecule has 16 heavy (non-hydrogen) atoms. The van der Waals surface area contributed by atoms with E-state index in [0.29, 0.717) is 0 Å². The van der Waals surface area contributed by atoms with Gasteiger partial charge in [-0.15, -0.1) is 0 Å². The van der Waals surface area contributed by atoms with E-state index in [2.05, 4.69) is 44.2 Å². The van der Waals surface area contributed by atoms with Gasteiger partial charge >= 0.3 is 0 Å². The van der Waals surface area contributed by atoms with E-state index >= 15 is 0 Å². The highest BCUT2D eigenvalue weighted by Gasteiger charge is 2.06. The summed E-state index contributed by atoms with van der Waals surface area (Å²) >= 11 is 5.90. The van der Waals surface area contributed by atoms with Crippen LogP contribution < -0.4 is 0 Å². The summed E-state index contributed by atoms with van der Waals surface area (Å²) in [5, 5.41) is 0.772. The lowest BCUT2D eigenvalue weighted by molar-refractivity contribution is 1.25. The maximum Gasteiger partial charge on any atom is 0.0406 e. The van der Waals surface area contributed by atoms with E-state index in [-0.39, 0.29) is 0 Å². The van der Waals surface area contributed by atoms with Crippen LogP contribution in [0.3, 0.4) is 0 Å². The number of hydrogen-bond donors (Lipinski definition) is 0. The van der Waals surface area contributed by atoms with Crippen LogP contribution in [0, 0.1) is 13.8 Å². The van der Waals surface area contributed by atoms with E-state index < -0.39 is 0 Å². The molecule has 0 heterocycles. The molecule has 0 aromatic heterocycles.